The lowest BCUT2D eigenvalue weighted by Crippen LogP contribution is -2.52. The number of para-hydroxylation sites is 1. The van der Waals surface area contributed by atoms with Crippen molar-refractivity contribution in [1.29, 1.82) is 0 Å². The normalized spacial score (nSPS) is 17.7. The number of piperazine rings is 1. The van der Waals surface area contributed by atoms with Gasteiger partial charge in [-0.25, -0.2) is 9.78 Å². The number of benzene rings is 1. The van der Waals surface area contributed by atoms with Gasteiger partial charge in [0.05, 0.1) is 16.7 Å². The van der Waals surface area contributed by atoms with Crippen LogP contribution in [-0.4, -0.2) is 68.9 Å². The Labute approximate surface area is 204 Å². The van der Waals surface area contributed by atoms with Gasteiger partial charge in [0.2, 0.25) is 5.91 Å². The largest absolute Gasteiger partial charge is 0.444 e. The summed E-state index contributed by atoms with van der Waals surface area (Å²) < 4.78 is 7.27. The first kappa shape index (κ1) is 24.6. The highest BCUT2D eigenvalue weighted by molar-refractivity contribution is 7.99. The van der Waals surface area contributed by atoms with E-state index in [1.54, 1.807) is 9.80 Å². The van der Waals surface area contributed by atoms with E-state index in [0.717, 1.165) is 25.7 Å². The average Bonchev–Trinajstić information content (AvgIpc) is 2.82. The van der Waals surface area contributed by atoms with Crippen LogP contribution in [-0.2, 0) is 9.53 Å². The molecule has 8 nitrogen and oxygen atoms in total. The molecule has 2 aliphatic rings. The Bertz CT molecular complexity index is 1100. The summed E-state index contributed by atoms with van der Waals surface area (Å²) in [4.78, 5) is 46.8. The van der Waals surface area contributed by atoms with Gasteiger partial charge in [-0.05, 0) is 45.7 Å². The molecule has 1 saturated carbocycles. The highest BCUT2D eigenvalue weighted by Crippen LogP contribution is 2.31. The molecule has 0 radical (unpaired) electrons. The first-order valence-electron chi connectivity index (χ1n) is 12.1. The van der Waals surface area contributed by atoms with Crippen molar-refractivity contribution in [2.45, 2.75) is 69.7 Å². The maximum absolute atomic E-state index is 13.4. The summed E-state index contributed by atoms with van der Waals surface area (Å²) >= 11 is 1.34. The Morgan fingerprint density at radius 1 is 1.03 bits per heavy atom. The first-order chi connectivity index (χ1) is 16.2. The quantitative estimate of drug-likeness (QED) is 0.478. The summed E-state index contributed by atoms with van der Waals surface area (Å²) in [5.41, 5.74) is 0.112. The van der Waals surface area contributed by atoms with Gasteiger partial charge < -0.3 is 14.5 Å². The molecule has 2 amide bonds. The molecule has 2 fully saturated rings. The SMILES string of the molecule is CC(C)(C)OC(=O)N1CCN(C(=O)CSc2nc3ccccc3c(=O)n2C2CCCCC2)CC1. The van der Waals surface area contributed by atoms with Crippen molar-refractivity contribution < 1.29 is 14.3 Å². The molecule has 0 N–H and O–H groups in total. The number of ether oxygens (including phenoxy) is 1. The van der Waals surface area contributed by atoms with E-state index < -0.39 is 5.60 Å². The van der Waals surface area contributed by atoms with Gasteiger partial charge in [-0.15, -0.1) is 0 Å². The number of aromatic nitrogens is 2. The standard InChI is InChI=1S/C25H34N4O4S/c1-25(2,3)33-24(32)28-15-13-27(14-16-28)21(30)17-34-23-26-20-12-8-7-11-19(20)22(31)29(23)18-9-5-4-6-10-18/h7-8,11-12,18H,4-6,9-10,13-17H2,1-3H3. The molecule has 0 atom stereocenters. The van der Waals surface area contributed by atoms with Gasteiger partial charge in [-0.1, -0.05) is 43.2 Å². The minimum absolute atomic E-state index is 0.00793. The summed E-state index contributed by atoms with van der Waals surface area (Å²) in [6, 6.07) is 7.55. The fourth-order valence-electron chi connectivity index (χ4n) is 4.57. The summed E-state index contributed by atoms with van der Waals surface area (Å²) in [5.74, 6) is 0.204. The molecule has 1 aromatic carbocycles. The van der Waals surface area contributed by atoms with E-state index in [2.05, 4.69) is 0 Å². The molecule has 2 heterocycles. The third kappa shape index (κ3) is 5.74. The summed E-state index contributed by atoms with van der Waals surface area (Å²) in [7, 11) is 0. The predicted octanol–water partition coefficient (Wildman–Crippen LogP) is 4.07. The van der Waals surface area contributed by atoms with E-state index in [1.165, 1.54) is 18.2 Å². The van der Waals surface area contributed by atoms with Crippen LogP contribution in [0.3, 0.4) is 0 Å². The number of amides is 2. The summed E-state index contributed by atoms with van der Waals surface area (Å²) in [6.07, 6.45) is 5.00. The van der Waals surface area contributed by atoms with Gasteiger partial charge in [-0.3, -0.25) is 14.2 Å². The molecular formula is C25H34N4O4S. The lowest BCUT2D eigenvalue weighted by molar-refractivity contribution is -0.130. The van der Waals surface area contributed by atoms with Crippen LogP contribution in [0, 0.1) is 0 Å². The smallest absolute Gasteiger partial charge is 0.410 e. The number of thioether (sulfide) groups is 1. The molecule has 1 saturated heterocycles. The molecule has 1 aliphatic carbocycles. The topological polar surface area (TPSA) is 84.7 Å². The lowest BCUT2D eigenvalue weighted by Gasteiger charge is -2.35. The number of fused-ring (bicyclic) bond motifs is 1. The summed E-state index contributed by atoms with van der Waals surface area (Å²) in [5, 5.41) is 1.25. The second-order valence-corrected chi connectivity index (χ2v) is 11.0. The Hall–Kier alpha value is -2.55. The minimum atomic E-state index is -0.540. The van der Waals surface area contributed by atoms with Crippen LogP contribution in [0.25, 0.3) is 10.9 Å². The molecule has 34 heavy (non-hydrogen) atoms. The van der Waals surface area contributed by atoms with Gasteiger partial charge in [0.15, 0.2) is 5.16 Å². The maximum Gasteiger partial charge on any atom is 0.410 e. The molecule has 2 aromatic rings. The molecule has 1 aliphatic heterocycles. The van der Waals surface area contributed by atoms with E-state index in [1.807, 2.05) is 49.6 Å². The molecule has 9 heteroatoms. The van der Waals surface area contributed by atoms with Crippen LogP contribution in [0.1, 0.15) is 58.9 Å². The van der Waals surface area contributed by atoms with Crippen molar-refractivity contribution in [1.82, 2.24) is 19.4 Å². The number of rotatable bonds is 4. The van der Waals surface area contributed by atoms with Gasteiger partial charge in [-0.2, -0.15) is 0 Å². The van der Waals surface area contributed by atoms with Crippen LogP contribution >= 0.6 is 11.8 Å². The van der Waals surface area contributed by atoms with Crippen LogP contribution < -0.4 is 5.56 Å². The number of carbonyl (C=O) groups is 2. The van der Waals surface area contributed by atoms with Gasteiger partial charge in [0.1, 0.15) is 5.60 Å². The maximum atomic E-state index is 13.4. The summed E-state index contributed by atoms with van der Waals surface area (Å²) in [6.45, 7) is 7.37. The highest BCUT2D eigenvalue weighted by atomic mass is 32.2. The van der Waals surface area contributed by atoms with E-state index in [4.69, 9.17) is 9.72 Å². The Balaban J connectivity index is 1.44. The van der Waals surface area contributed by atoms with Crippen LogP contribution in [0.4, 0.5) is 4.79 Å². The van der Waals surface area contributed by atoms with Crippen LogP contribution in [0.2, 0.25) is 0 Å². The van der Waals surface area contributed by atoms with E-state index >= 15 is 0 Å². The molecule has 0 spiro atoms. The van der Waals surface area contributed by atoms with Crippen molar-refractivity contribution in [3.8, 4) is 0 Å². The van der Waals surface area contributed by atoms with Crippen molar-refractivity contribution >= 4 is 34.7 Å². The molecule has 4 rings (SSSR count). The molecule has 0 unspecified atom stereocenters. The minimum Gasteiger partial charge on any atom is -0.444 e. The Morgan fingerprint density at radius 3 is 2.35 bits per heavy atom. The van der Waals surface area contributed by atoms with Crippen molar-refractivity contribution in [3.63, 3.8) is 0 Å². The zero-order valence-corrected chi connectivity index (χ0v) is 21.1. The van der Waals surface area contributed by atoms with Gasteiger partial charge in [0.25, 0.3) is 5.56 Å². The zero-order chi connectivity index (χ0) is 24.3. The third-order valence-corrected chi connectivity index (χ3v) is 7.26. The lowest BCUT2D eigenvalue weighted by atomic mass is 9.95. The van der Waals surface area contributed by atoms with Gasteiger partial charge >= 0.3 is 6.09 Å². The second-order valence-electron chi connectivity index (χ2n) is 10.0. The molecule has 1 aromatic heterocycles. The van der Waals surface area contributed by atoms with E-state index in [9.17, 15) is 14.4 Å². The monoisotopic (exact) mass is 486 g/mol. The number of hydrogen-bond acceptors (Lipinski definition) is 6. The van der Waals surface area contributed by atoms with Gasteiger partial charge in [0, 0.05) is 32.2 Å². The van der Waals surface area contributed by atoms with E-state index in [0.29, 0.717) is 42.2 Å². The number of nitrogens with zero attached hydrogens (tertiary/aromatic N) is 4. The molecular weight excluding hydrogens is 452 g/mol. The van der Waals surface area contributed by atoms with Crippen LogP contribution in [0.15, 0.2) is 34.2 Å². The fraction of sp³-hybridized carbons (Fsp3) is 0.600. The predicted molar refractivity (Wildman–Crippen MR) is 133 cm³/mol. The zero-order valence-electron chi connectivity index (χ0n) is 20.3. The van der Waals surface area contributed by atoms with E-state index in [-0.39, 0.29) is 29.4 Å². The first-order valence-corrected chi connectivity index (χ1v) is 13.1. The van der Waals surface area contributed by atoms with Crippen molar-refractivity contribution in [3.05, 3.63) is 34.6 Å². The number of carbonyl (C=O) groups excluding carboxylic acids is 2. The Morgan fingerprint density at radius 2 is 1.68 bits per heavy atom. The molecule has 0 bridgehead atoms. The fourth-order valence-corrected chi connectivity index (χ4v) is 5.54. The average molecular weight is 487 g/mol. The molecule has 184 valence electrons. The second kappa shape index (κ2) is 10.4. The van der Waals surface area contributed by atoms with Crippen LogP contribution in [0.5, 0.6) is 0 Å². The number of hydrogen-bond donors (Lipinski definition) is 0. The highest BCUT2D eigenvalue weighted by Gasteiger charge is 2.28. The van der Waals surface area contributed by atoms with Crippen molar-refractivity contribution in [2.75, 3.05) is 31.9 Å². The van der Waals surface area contributed by atoms with Crippen molar-refractivity contribution in [2.24, 2.45) is 0 Å². The third-order valence-electron chi connectivity index (χ3n) is 6.32. The Kier molecular flexibility index (Phi) is 7.50.